The first kappa shape index (κ1) is 10.3. The third-order valence-corrected chi connectivity index (χ3v) is 3.87. The quantitative estimate of drug-likeness (QED) is 0.715. The minimum atomic E-state index is 0.752. The molecule has 1 aromatic carbocycles. The monoisotopic (exact) mass is 217 g/mol. The molecule has 0 saturated carbocycles. The highest BCUT2D eigenvalue weighted by molar-refractivity contribution is 5.29. The van der Waals surface area contributed by atoms with E-state index in [0.717, 1.165) is 25.8 Å². The summed E-state index contributed by atoms with van der Waals surface area (Å²) >= 11 is 0. The maximum atomic E-state index is 5.43. The van der Waals surface area contributed by atoms with Gasteiger partial charge in [0.1, 0.15) is 0 Å². The summed E-state index contributed by atoms with van der Waals surface area (Å²) in [5, 5.41) is 0. The van der Waals surface area contributed by atoms with Crippen LogP contribution in [0.3, 0.4) is 0 Å². The molecule has 86 valence electrons. The van der Waals surface area contributed by atoms with Crippen LogP contribution < -0.4 is 0 Å². The van der Waals surface area contributed by atoms with Crippen LogP contribution in [0.4, 0.5) is 0 Å². The first-order valence-electron chi connectivity index (χ1n) is 6.32. The SMILES string of the molecule is c1ccc2c(c1)CCN(C1CCOCC1)C2. The second kappa shape index (κ2) is 4.56. The summed E-state index contributed by atoms with van der Waals surface area (Å²) in [7, 11) is 0. The van der Waals surface area contributed by atoms with Gasteiger partial charge < -0.3 is 4.74 Å². The van der Waals surface area contributed by atoms with Gasteiger partial charge in [-0.2, -0.15) is 0 Å². The summed E-state index contributed by atoms with van der Waals surface area (Å²) in [6, 6.07) is 9.62. The average molecular weight is 217 g/mol. The third kappa shape index (κ3) is 2.00. The van der Waals surface area contributed by atoms with Crippen LogP contribution in [0.15, 0.2) is 24.3 Å². The normalized spacial score (nSPS) is 23.0. The van der Waals surface area contributed by atoms with Crippen molar-refractivity contribution >= 4 is 0 Å². The zero-order chi connectivity index (χ0) is 10.8. The topological polar surface area (TPSA) is 12.5 Å². The van der Waals surface area contributed by atoms with Crippen LogP contribution in [0.2, 0.25) is 0 Å². The van der Waals surface area contributed by atoms with Crippen molar-refractivity contribution in [3.8, 4) is 0 Å². The molecule has 0 spiro atoms. The first-order chi connectivity index (χ1) is 7.93. The van der Waals surface area contributed by atoms with Gasteiger partial charge in [-0.3, -0.25) is 4.90 Å². The lowest BCUT2D eigenvalue weighted by atomic mass is 9.97. The van der Waals surface area contributed by atoms with Gasteiger partial charge in [-0.05, 0) is 30.4 Å². The van der Waals surface area contributed by atoms with Crippen molar-refractivity contribution < 1.29 is 4.74 Å². The summed E-state index contributed by atoms with van der Waals surface area (Å²) in [4.78, 5) is 2.64. The molecule has 0 unspecified atom stereocenters. The number of rotatable bonds is 1. The molecule has 1 saturated heterocycles. The van der Waals surface area contributed by atoms with Crippen molar-refractivity contribution in [3.05, 3.63) is 35.4 Å². The highest BCUT2D eigenvalue weighted by atomic mass is 16.5. The lowest BCUT2D eigenvalue weighted by Crippen LogP contribution is -2.42. The Kier molecular flexibility index (Phi) is 2.94. The zero-order valence-corrected chi connectivity index (χ0v) is 9.69. The van der Waals surface area contributed by atoms with Crippen LogP contribution in [0.25, 0.3) is 0 Å². The fourth-order valence-electron chi connectivity index (χ4n) is 2.88. The fraction of sp³-hybridized carbons (Fsp3) is 0.571. The Labute approximate surface area is 97.2 Å². The van der Waals surface area contributed by atoms with Crippen molar-refractivity contribution in [1.29, 1.82) is 0 Å². The molecule has 0 radical (unpaired) electrons. The van der Waals surface area contributed by atoms with E-state index in [4.69, 9.17) is 4.74 Å². The second-order valence-electron chi connectivity index (χ2n) is 4.83. The molecular weight excluding hydrogens is 198 g/mol. The van der Waals surface area contributed by atoms with E-state index >= 15 is 0 Å². The molecule has 2 heteroatoms. The largest absolute Gasteiger partial charge is 0.381 e. The number of hydrogen-bond donors (Lipinski definition) is 0. The summed E-state index contributed by atoms with van der Waals surface area (Å²) in [6.45, 7) is 4.26. The predicted octanol–water partition coefficient (Wildman–Crippen LogP) is 2.22. The van der Waals surface area contributed by atoms with Crippen molar-refractivity contribution in [2.45, 2.75) is 31.8 Å². The molecule has 0 bridgehead atoms. The molecular formula is C14H19NO. The minimum absolute atomic E-state index is 0.752. The Morgan fingerprint density at radius 1 is 1.06 bits per heavy atom. The number of hydrogen-bond acceptors (Lipinski definition) is 2. The molecule has 0 N–H and O–H groups in total. The van der Waals surface area contributed by atoms with Gasteiger partial charge in [0, 0.05) is 32.3 Å². The van der Waals surface area contributed by atoms with E-state index < -0.39 is 0 Å². The number of nitrogens with zero attached hydrogens (tertiary/aromatic N) is 1. The number of fused-ring (bicyclic) bond motifs is 1. The minimum Gasteiger partial charge on any atom is -0.381 e. The maximum absolute atomic E-state index is 5.43. The van der Waals surface area contributed by atoms with Crippen molar-refractivity contribution in [1.82, 2.24) is 4.90 Å². The van der Waals surface area contributed by atoms with Gasteiger partial charge >= 0.3 is 0 Å². The van der Waals surface area contributed by atoms with Crippen LogP contribution >= 0.6 is 0 Å². The molecule has 2 aliphatic rings. The van der Waals surface area contributed by atoms with Crippen molar-refractivity contribution in [2.24, 2.45) is 0 Å². The molecule has 1 fully saturated rings. The van der Waals surface area contributed by atoms with Gasteiger partial charge in [0.15, 0.2) is 0 Å². The molecule has 0 atom stereocenters. The third-order valence-electron chi connectivity index (χ3n) is 3.87. The van der Waals surface area contributed by atoms with Gasteiger partial charge in [-0.15, -0.1) is 0 Å². The second-order valence-corrected chi connectivity index (χ2v) is 4.83. The van der Waals surface area contributed by atoms with Gasteiger partial charge in [-0.1, -0.05) is 24.3 Å². The lowest BCUT2D eigenvalue weighted by molar-refractivity contribution is 0.0290. The summed E-state index contributed by atoms with van der Waals surface area (Å²) in [6.07, 6.45) is 3.64. The van der Waals surface area contributed by atoms with Crippen LogP contribution in [0.5, 0.6) is 0 Å². The molecule has 3 rings (SSSR count). The molecule has 0 amide bonds. The highest BCUT2D eigenvalue weighted by Crippen LogP contribution is 2.23. The highest BCUT2D eigenvalue weighted by Gasteiger charge is 2.24. The van der Waals surface area contributed by atoms with E-state index in [9.17, 15) is 0 Å². The van der Waals surface area contributed by atoms with Crippen LogP contribution in [-0.4, -0.2) is 30.7 Å². The first-order valence-corrected chi connectivity index (χ1v) is 6.32. The number of benzene rings is 1. The smallest absolute Gasteiger partial charge is 0.0480 e. The molecule has 1 aromatic rings. The van der Waals surface area contributed by atoms with Gasteiger partial charge in [0.05, 0.1) is 0 Å². The lowest BCUT2D eigenvalue weighted by Gasteiger charge is -2.37. The maximum Gasteiger partial charge on any atom is 0.0480 e. The van der Waals surface area contributed by atoms with Crippen molar-refractivity contribution in [3.63, 3.8) is 0 Å². The molecule has 0 aromatic heterocycles. The van der Waals surface area contributed by atoms with Crippen molar-refractivity contribution in [2.75, 3.05) is 19.8 Å². The Morgan fingerprint density at radius 2 is 1.81 bits per heavy atom. The molecule has 2 aliphatic heterocycles. The van der Waals surface area contributed by atoms with E-state index in [1.807, 2.05) is 0 Å². The zero-order valence-electron chi connectivity index (χ0n) is 9.69. The Bertz CT molecular complexity index is 358. The summed E-state index contributed by atoms with van der Waals surface area (Å²) in [5.41, 5.74) is 3.08. The Balaban J connectivity index is 1.72. The van der Waals surface area contributed by atoms with Crippen LogP contribution in [0, 0.1) is 0 Å². The predicted molar refractivity (Wildman–Crippen MR) is 64.4 cm³/mol. The van der Waals surface area contributed by atoms with Gasteiger partial charge in [0.25, 0.3) is 0 Å². The Hall–Kier alpha value is -0.860. The van der Waals surface area contributed by atoms with E-state index in [0.29, 0.717) is 0 Å². The van der Waals surface area contributed by atoms with Gasteiger partial charge in [-0.25, -0.2) is 0 Å². The molecule has 2 heterocycles. The molecule has 16 heavy (non-hydrogen) atoms. The van der Waals surface area contributed by atoms with E-state index in [2.05, 4.69) is 29.2 Å². The van der Waals surface area contributed by atoms with E-state index in [-0.39, 0.29) is 0 Å². The van der Waals surface area contributed by atoms with Crippen LogP contribution in [-0.2, 0) is 17.7 Å². The average Bonchev–Trinajstić information content (AvgIpc) is 2.39. The molecule has 0 aliphatic carbocycles. The van der Waals surface area contributed by atoms with E-state index in [1.54, 1.807) is 5.56 Å². The van der Waals surface area contributed by atoms with Crippen LogP contribution in [0.1, 0.15) is 24.0 Å². The standard InChI is InChI=1S/C14H19NO/c1-2-4-13-11-15(8-5-12(13)3-1)14-6-9-16-10-7-14/h1-4,14H,5-11H2. The number of ether oxygens (including phenoxy) is 1. The summed E-state index contributed by atoms with van der Waals surface area (Å²) in [5.74, 6) is 0. The summed E-state index contributed by atoms with van der Waals surface area (Å²) < 4.78 is 5.43. The van der Waals surface area contributed by atoms with E-state index in [1.165, 1.54) is 31.4 Å². The fourth-order valence-corrected chi connectivity index (χ4v) is 2.88. The molecule has 2 nitrogen and oxygen atoms in total. The van der Waals surface area contributed by atoms with Gasteiger partial charge in [0.2, 0.25) is 0 Å². The Morgan fingerprint density at radius 3 is 2.62 bits per heavy atom.